The van der Waals surface area contributed by atoms with Crippen molar-refractivity contribution in [3.8, 4) is 6.07 Å². The van der Waals surface area contributed by atoms with E-state index >= 15 is 0 Å². The first-order valence-electron chi connectivity index (χ1n) is 5.76. The minimum atomic E-state index is -0.0465. The summed E-state index contributed by atoms with van der Waals surface area (Å²) in [5.41, 5.74) is 2.43. The highest BCUT2D eigenvalue weighted by atomic mass is 32.2. The summed E-state index contributed by atoms with van der Waals surface area (Å²) in [6.45, 7) is 1.81. The van der Waals surface area contributed by atoms with Gasteiger partial charge >= 0.3 is 0 Å². The Labute approximate surface area is 115 Å². The monoisotopic (exact) mass is 271 g/mol. The fourth-order valence-corrected chi connectivity index (χ4v) is 2.56. The average molecular weight is 271 g/mol. The molecule has 0 unspecified atom stereocenters. The minimum Gasteiger partial charge on any atom is -0.291 e. The molecular formula is C14H13N3OS. The van der Waals surface area contributed by atoms with E-state index in [1.165, 1.54) is 17.8 Å². The molecule has 1 heterocycles. The van der Waals surface area contributed by atoms with E-state index in [1.807, 2.05) is 19.1 Å². The van der Waals surface area contributed by atoms with Crippen molar-refractivity contribution >= 4 is 11.8 Å². The highest BCUT2D eigenvalue weighted by molar-refractivity contribution is 7.98. The predicted octanol–water partition coefficient (Wildman–Crippen LogP) is 2.25. The van der Waals surface area contributed by atoms with Crippen LogP contribution in [0.1, 0.15) is 16.8 Å². The molecule has 1 aromatic heterocycles. The Morgan fingerprint density at radius 2 is 2.05 bits per heavy atom. The highest BCUT2D eigenvalue weighted by Crippen LogP contribution is 2.19. The van der Waals surface area contributed by atoms with E-state index in [4.69, 9.17) is 5.26 Å². The quantitative estimate of drug-likeness (QED) is 0.634. The first kappa shape index (κ1) is 13.4. The summed E-state index contributed by atoms with van der Waals surface area (Å²) in [7, 11) is 1.72. The Morgan fingerprint density at radius 3 is 2.68 bits per heavy atom. The minimum absolute atomic E-state index is 0.0465. The lowest BCUT2D eigenvalue weighted by molar-refractivity contribution is 0.698. The standard InChI is InChI=1S/C14H13N3OS/c1-10-7-13(18)17(2)14(16-10)19-9-12-5-3-11(8-15)4-6-12/h3-7H,9H2,1-2H3. The first-order chi connectivity index (χ1) is 9.10. The molecule has 0 N–H and O–H groups in total. The Kier molecular flexibility index (Phi) is 4.03. The second kappa shape index (κ2) is 5.72. The number of hydrogen-bond donors (Lipinski definition) is 0. The summed E-state index contributed by atoms with van der Waals surface area (Å²) >= 11 is 1.51. The molecule has 0 spiro atoms. The van der Waals surface area contributed by atoms with Gasteiger partial charge in [-0.1, -0.05) is 23.9 Å². The zero-order valence-electron chi connectivity index (χ0n) is 10.8. The van der Waals surface area contributed by atoms with Crippen molar-refractivity contribution in [1.29, 1.82) is 5.26 Å². The topological polar surface area (TPSA) is 58.7 Å². The number of aryl methyl sites for hydroxylation is 1. The number of hydrogen-bond acceptors (Lipinski definition) is 4. The Balaban J connectivity index is 2.14. The van der Waals surface area contributed by atoms with Crippen LogP contribution in [-0.2, 0) is 12.8 Å². The van der Waals surface area contributed by atoms with E-state index in [9.17, 15) is 4.79 Å². The molecule has 0 fully saturated rings. The maximum atomic E-state index is 11.6. The molecule has 2 rings (SSSR count). The first-order valence-corrected chi connectivity index (χ1v) is 6.75. The lowest BCUT2D eigenvalue weighted by Gasteiger charge is -2.07. The van der Waals surface area contributed by atoms with E-state index < -0.39 is 0 Å². The third-order valence-electron chi connectivity index (χ3n) is 2.67. The molecule has 1 aromatic carbocycles. The summed E-state index contributed by atoms with van der Waals surface area (Å²) in [4.78, 5) is 16.0. The van der Waals surface area contributed by atoms with E-state index in [-0.39, 0.29) is 5.56 Å². The van der Waals surface area contributed by atoms with Crippen molar-refractivity contribution in [2.24, 2.45) is 7.05 Å². The normalized spacial score (nSPS) is 10.2. The summed E-state index contributed by atoms with van der Waals surface area (Å²) < 4.78 is 1.54. The smallest absolute Gasteiger partial charge is 0.254 e. The average Bonchev–Trinajstić information content (AvgIpc) is 2.41. The molecule has 0 saturated carbocycles. The highest BCUT2D eigenvalue weighted by Gasteiger charge is 2.04. The van der Waals surface area contributed by atoms with Crippen molar-refractivity contribution in [2.45, 2.75) is 17.8 Å². The Hall–Kier alpha value is -2.06. The Bertz CT molecular complexity index is 683. The molecular weight excluding hydrogens is 258 g/mol. The van der Waals surface area contributed by atoms with Gasteiger partial charge in [0.05, 0.1) is 11.6 Å². The van der Waals surface area contributed by atoms with Crippen LogP contribution < -0.4 is 5.56 Å². The van der Waals surface area contributed by atoms with Crippen LogP contribution in [-0.4, -0.2) is 9.55 Å². The van der Waals surface area contributed by atoms with Crippen molar-refractivity contribution < 1.29 is 0 Å². The van der Waals surface area contributed by atoms with Crippen LogP contribution in [0.15, 0.2) is 40.3 Å². The van der Waals surface area contributed by atoms with Gasteiger partial charge in [-0.15, -0.1) is 0 Å². The molecule has 2 aromatic rings. The van der Waals surface area contributed by atoms with Gasteiger partial charge < -0.3 is 0 Å². The molecule has 0 aliphatic rings. The fourth-order valence-electron chi connectivity index (χ4n) is 1.58. The summed E-state index contributed by atoms with van der Waals surface area (Å²) in [5.74, 6) is 0.718. The van der Waals surface area contributed by atoms with Crippen molar-refractivity contribution in [3.05, 3.63) is 57.5 Å². The third kappa shape index (κ3) is 3.24. The van der Waals surface area contributed by atoms with Gasteiger partial charge in [-0.3, -0.25) is 9.36 Å². The zero-order valence-corrected chi connectivity index (χ0v) is 11.6. The molecule has 96 valence electrons. The van der Waals surface area contributed by atoms with Crippen LogP contribution in [0.4, 0.5) is 0 Å². The van der Waals surface area contributed by atoms with Crippen molar-refractivity contribution in [3.63, 3.8) is 0 Å². The van der Waals surface area contributed by atoms with Crippen LogP contribution in [0.3, 0.4) is 0 Å². The largest absolute Gasteiger partial charge is 0.291 e. The van der Waals surface area contributed by atoms with Crippen LogP contribution >= 0.6 is 11.8 Å². The SMILES string of the molecule is Cc1cc(=O)n(C)c(SCc2ccc(C#N)cc2)n1. The van der Waals surface area contributed by atoms with Crippen LogP contribution in [0, 0.1) is 18.3 Å². The number of thioether (sulfide) groups is 1. The molecule has 0 bridgehead atoms. The lowest BCUT2D eigenvalue weighted by Crippen LogP contribution is -2.19. The van der Waals surface area contributed by atoms with Gasteiger partial charge in [0.1, 0.15) is 0 Å². The fraction of sp³-hybridized carbons (Fsp3) is 0.214. The molecule has 5 heteroatoms. The summed E-state index contributed by atoms with van der Waals surface area (Å²) in [5, 5.41) is 9.43. The summed E-state index contributed by atoms with van der Waals surface area (Å²) in [6.07, 6.45) is 0. The van der Waals surface area contributed by atoms with E-state index in [2.05, 4.69) is 11.1 Å². The molecule has 19 heavy (non-hydrogen) atoms. The maximum Gasteiger partial charge on any atom is 0.254 e. The van der Waals surface area contributed by atoms with Crippen LogP contribution in [0.25, 0.3) is 0 Å². The van der Waals surface area contributed by atoms with E-state index in [0.29, 0.717) is 10.7 Å². The molecule has 0 amide bonds. The number of aromatic nitrogens is 2. The van der Waals surface area contributed by atoms with Gasteiger partial charge in [0.2, 0.25) is 0 Å². The van der Waals surface area contributed by atoms with Crippen molar-refractivity contribution in [1.82, 2.24) is 9.55 Å². The summed E-state index contributed by atoms with van der Waals surface area (Å²) in [6, 6.07) is 11.0. The second-order valence-corrected chi connectivity index (χ2v) is 5.12. The van der Waals surface area contributed by atoms with E-state index in [1.54, 1.807) is 23.7 Å². The molecule has 0 radical (unpaired) electrons. The van der Waals surface area contributed by atoms with Gasteiger partial charge in [-0.25, -0.2) is 4.98 Å². The van der Waals surface area contributed by atoms with Crippen LogP contribution in [0.2, 0.25) is 0 Å². The van der Waals surface area contributed by atoms with Crippen LogP contribution in [0.5, 0.6) is 0 Å². The third-order valence-corrected chi connectivity index (χ3v) is 3.77. The van der Waals surface area contributed by atoms with Gasteiger partial charge in [0.25, 0.3) is 5.56 Å². The van der Waals surface area contributed by atoms with Gasteiger partial charge in [-0.2, -0.15) is 5.26 Å². The molecule has 0 saturated heterocycles. The van der Waals surface area contributed by atoms with Gasteiger partial charge in [0, 0.05) is 24.6 Å². The second-order valence-electron chi connectivity index (χ2n) is 4.17. The molecule has 0 aliphatic heterocycles. The molecule has 0 aliphatic carbocycles. The van der Waals surface area contributed by atoms with Gasteiger partial charge in [0.15, 0.2) is 5.16 Å². The lowest BCUT2D eigenvalue weighted by atomic mass is 10.2. The number of benzene rings is 1. The zero-order chi connectivity index (χ0) is 13.8. The predicted molar refractivity (Wildman–Crippen MR) is 74.9 cm³/mol. The van der Waals surface area contributed by atoms with E-state index in [0.717, 1.165) is 17.0 Å². The number of nitrogens with zero attached hydrogens (tertiary/aromatic N) is 3. The number of nitriles is 1. The van der Waals surface area contributed by atoms with Crippen molar-refractivity contribution in [2.75, 3.05) is 0 Å². The van der Waals surface area contributed by atoms with Gasteiger partial charge in [-0.05, 0) is 24.6 Å². The molecule has 4 nitrogen and oxygen atoms in total. The number of rotatable bonds is 3. The Morgan fingerprint density at radius 1 is 1.37 bits per heavy atom. The molecule has 0 atom stereocenters. The maximum absolute atomic E-state index is 11.6.